The lowest BCUT2D eigenvalue weighted by atomic mass is 10.0. The monoisotopic (exact) mass is 380 g/mol. The van der Waals surface area contributed by atoms with E-state index in [0.29, 0.717) is 25.1 Å². The van der Waals surface area contributed by atoms with Gasteiger partial charge in [-0.25, -0.2) is 4.39 Å². The zero-order chi connectivity index (χ0) is 19.9. The standard InChI is InChI=1S/C23H25FN2O2/c1-17(15-18-7-3-2-4-8-18)16-26(21-9-5-6-14-25-22(21)27)23(28)19-10-12-20(24)13-11-19/h2-4,7-8,10-13,15,21H,5-6,9,14,16H2,1H3,(H,25,27)/b17-15+. The van der Waals surface area contributed by atoms with Gasteiger partial charge in [-0.1, -0.05) is 42.0 Å². The lowest BCUT2D eigenvalue weighted by Gasteiger charge is -2.30. The fourth-order valence-electron chi connectivity index (χ4n) is 3.45. The largest absolute Gasteiger partial charge is 0.354 e. The van der Waals surface area contributed by atoms with E-state index in [1.165, 1.54) is 24.3 Å². The fourth-order valence-corrected chi connectivity index (χ4v) is 3.45. The summed E-state index contributed by atoms with van der Waals surface area (Å²) in [4.78, 5) is 27.4. The third-order valence-corrected chi connectivity index (χ3v) is 4.87. The number of amides is 2. The number of nitrogens with zero attached hydrogens (tertiary/aromatic N) is 1. The molecule has 1 heterocycles. The van der Waals surface area contributed by atoms with Crippen LogP contribution >= 0.6 is 0 Å². The van der Waals surface area contributed by atoms with Gasteiger partial charge in [0.1, 0.15) is 11.9 Å². The maximum absolute atomic E-state index is 13.3. The number of nitrogens with one attached hydrogen (secondary N) is 1. The highest BCUT2D eigenvalue weighted by Crippen LogP contribution is 2.19. The van der Waals surface area contributed by atoms with E-state index in [9.17, 15) is 14.0 Å². The number of benzene rings is 2. The van der Waals surface area contributed by atoms with Crippen LogP contribution in [0.15, 0.2) is 60.2 Å². The zero-order valence-corrected chi connectivity index (χ0v) is 16.0. The molecule has 1 unspecified atom stereocenters. The second-order valence-corrected chi connectivity index (χ2v) is 7.14. The highest BCUT2D eigenvalue weighted by atomic mass is 19.1. The van der Waals surface area contributed by atoms with Gasteiger partial charge in [0.25, 0.3) is 5.91 Å². The molecule has 4 nitrogen and oxygen atoms in total. The van der Waals surface area contributed by atoms with E-state index in [-0.39, 0.29) is 11.8 Å². The number of rotatable bonds is 5. The van der Waals surface area contributed by atoms with Gasteiger partial charge in [-0.3, -0.25) is 9.59 Å². The van der Waals surface area contributed by atoms with Gasteiger partial charge in [-0.2, -0.15) is 0 Å². The number of carbonyl (C=O) groups excluding carboxylic acids is 2. The molecule has 1 atom stereocenters. The summed E-state index contributed by atoms with van der Waals surface area (Å²) in [5.74, 6) is -0.779. The Morgan fingerprint density at radius 2 is 1.86 bits per heavy atom. The Balaban J connectivity index is 1.89. The van der Waals surface area contributed by atoms with Crippen molar-refractivity contribution in [3.63, 3.8) is 0 Å². The van der Waals surface area contributed by atoms with Gasteiger partial charge >= 0.3 is 0 Å². The van der Waals surface area contributed by atoms with E-state index in [4.69, 9.17) is 0 Å². The van der Waals surface area contributed by atoms with Crippen molar-refractivity contribution in [3.8, 4) is 0 Å². The van der Waals surface area contributed by atoms with Crippen LogP contribution in [0.25, 0.3) is 6.08 Å². The van der Waals surface area contributed by atoms with Gasteiger partial charge in [-0.15, -0.1) is 0 Å². The molecule has 2 aromatic carbocycles. The van der Waals surface area contributed by atoms with Crippen molar-refractivity contribution in [2.45, 2.75) is 32.2 Å². The van der Waals surface area contributed by atoms with E-state index in [1.54, 1.807) is 4.90 Å². The number of carbonyl (C=O) groups is 2. The minimum atomic E-state index is -0.529. The lowest BCUT2D eigenvalue weighted by molar-refractivity contribution is -0.125. The van der Waals surface area contributed by atoms with Gasteiger partial charge in [0.05, 0.1) is 0 Å². The summed E-state index contributed by atoms with van der Waals surface area (Å²) in [5, 5.41) is 2.90. The summed E-state index contributed by atoms with van der Waals surface area (Å²) < 4.78 is 13.3. The molecule has 1 N–H and O–H groups in total. The Morgan fingerprint density at radius 3 is 2.57 bits per heavy atom. The molecule has 1 fully saturated rings. The van der Waals surface area contributed by atoms with Crippen molar-refractivity contribution in [2.75, 3.05) is 13.1 Å². The Labute approximate surface area is 165 Å². The summed E-state index contributed by atoms with van der Waals surface area (Å²) in [7, 11) is 0. The molecule has 28 heavy (non-hydrogen) atoms. The average Bonchev–Trinajstić information content (AvgIpc) is 2.91. The number of hydrogen-bond acceptors (Lipinski definition) is 2. The maximum Gasteiger partial charge on any atom is 0.254 e. The lowest BCUT2D eigenvalue weighted by Crippen LogP contribution is -2.49. The summed E-state index contributed by atoms with van der Waals surface area (Å²) in [6.07, 6.45) is 4.41. The van der Waals surface area contributed by atoms with E-state index in [2.05, 4.69) is 5.32 Å². The SMILES string of the molecule is C/C(=C\c1ccccc1)CN(C(=O)c1ccc(F)cc1)C1CCCCNC1=O. The van der Waals surface area contributed by atoms with E-state index in [0.717, 1.165) is 24.0 Å². The summed E-state index contributed by atoms with van der Waals surface area (Å²) in [5.41, 5.74) is 2.39. The van der Waals surface area contributed by atoms with Gasteiger partial charge in [0, 0.05) is 18.7 Å². The highest BCUT2D eigenvalue weighted by Gasteiger charge is 2.31. The molecule has 1 aliphatic rings. The van der Waals surface area contributed by atoms with Crippen LogP contribution in [0.3, 0.4) is 0 Å². The second-order valence-electron chi connectivity index (χ2n) is 7.14. The van der Waals surface area contributed by atoms with E-state index < -0.39 is 11.9 Å². The fraction of sp³-hybridized carbons (Fsp3) is 0.304. The van der Waals surface area contributed by atoms with Crippen LogP contribution in [0, 0.1) is 5.82 Å². The molecular weight excluding hydrogens is 355 g/mol. The first-order valence-corrected chi connectivity index (χ1v) is 9.61. The molecule has 146 valence electrons. The van der Waals surface area contributed by atoms with E-state index >= 15 is 0 Å². The first-order chi connectivity index (χ1) is 13.5. The van der Waals surface area contributed by atoms with Crippen LogP contribution in [0.5, 0.6) is 0 Å². The normalized spacial score (nSPS) is 17.6. The Hall–Kier alpha value is -2.95. The highest BCUT2D eigenvalue weighted by molar-refractivity contribution is 5.97. The van der Waals surface area contributed by atoms with Crippen LogP contribution in [-0.2, 0) is 4.79 Å². The minimum Gasteiger partial charge on any atom is -0.354 e. The molecule has 0 radical (unpaired) electrons. The molecule has 0 aromatic heterocycles. The van der Waals surface area contributed by atoms with E-state index in [1.807, 2.05) is 43.3 Å². The topological polar surface area (TPSA) is 49.4 Å². The second kappa shape index (κ2) is 9.31. The van der Waals surface area contributed by atoms with Crippen LogP contribution in [0.4, 0.5) is 4.39 Å². The van der Waals surface area contributed by atoms with Crippen molar-refractivity contribution >= 4 is 17.9 Å². The first kappa shape index (κ1) is 19.8. The van der Waals surface area contributed by atoms with Crippen LogP contribution in [-0.4, -0.2) is 35.8 Å². The number of halogens is 1. The molecule has 3 rings (SSSR count). The molecule has 0 spiro atoms. The molecule has 1 saturated heterocycles. The molecule has 0 bridgehead atoms. The summed E-state index contributed by atoms with van der Waals surface area (Å²) in [6, 6.07) is 14.8. The maximum atomic E-state index is 13.3. The van der Waals surface area contributed by atoms with Crippen LogP contribution in [0.2, 0.25) is 0 Å². The van der Waals surface area contributed by atoms with Crippen molar-refractivity contribution in [2.24, 2.45) is 0 Å². The number of hydrogen-bond donors (Lipinski definition) is 1. The van der Waals surface area contributed by atoms with Crippen LogP contribution < -0.4 is 5.32 Å². The Morgan fingerprint density at radius 1 is 1.14 bits per heavy atom. The average molecular weight is 380 g/mol. The first-order valence-electron chi connectivity index (χ1n) is 9.61. The molecule has 0 saturated carbocycles. The summed E-state index contributed by atoms with van der Waals surface area (Å²) >= 11 is 0. The smallest absolute Gasteiger partial charge is 0.254 e. The van der Waals surface area contributed by atoms with Gasteiger partial charge in [0.15, 0.2) is 0 Å². The van der Waals surface area contributed by atoms with Crippen molar-refractivity contribution < 1.29 is 14.0 Å². The molecule has 5 heteroatoms. The molecule has 1 aliphatic heterocycles. The van der Waals surface area contributed by atoms with Gasteiger partial charge in [-0.05, 0) is 56.0 Å². The third-order valence-electron chi connectivity index (χ3n) is 4.87. The zero-order valence-electron chi connectivity index (χ0n) is 16.0. The molecular formula is C23H25FN2O2. The quantitative estimate of drug-likeness (QED) is 0.851. The Kier molecular flexibility index (Phi) is 6.58. The molecule has 0 aliphatic carbocycles. The van der Waals surface area contributed by atoms with Crippen molar-refractivity contribution in [1.29, 1.82) is 0 Å². The minimum absolute atomic E-state index is 0.125. The Bertz CT molecular complexity index is 847. The van der Waals surface area contributed by atoms with Gasteiger partial charge < -0.3 is 10.2 Å². The van der Waals surface area contributed by atoms with Crippen molar-refractivity contribution in [1.82, 2.24) is 10.2 Å². The third kappa shape index (κ3) is 5.06. The predicted molar refractivity (Wildman–Crippen MR) is 108 cm³/mol. The predicted octanol–water partition coefficient (Wildman–Crippen LogP) is 4.04. The molecule has 2 aromatic rings. The molecule has 2 amide bonds. The van der Waals surface area contributed by atoms with Crippen molar-refractivity contribution in [3.05, 3.63) is 77.1 Å². The summed E-state index contributed by atoms with van der Waals surface area (Å²) in [6.45, 7) is 2.92. The van der Waals surface area contributed by atoms with Gasteiger partial charge in [0.2, 0.25) is 5.91 Å². The van der Waals surface area contributed by atoms with Crippen LogP contribution in [0.1, 0.15) is 42.1 Å².